The molecule has 0 saturated heterocycles. The summed E-state index contributed by atoms with van der Waals surface area (Å²) in [6.45, 7) is 1.64. The van der Waals surface area contributed by atoms with Gasteiger partial charge in [0.15, 0.2) is 23.2 Å². The zero-order valence-electron chi connectivity index (χ0n) is 15.1. The first kappa shape index (κ1) is 18.5. The minimum atomic E-state index is -0.704. The number of pyridine rings is 1. The molecule has 4 aromatic rings. The molecular formula is C20H14F2N4O3. The number of halogens is 2. The van der Waals surface area contributed by atoms with Crippen molar-refractivity contribution in [3.05, 3.63) is 81.6 Å². The number of nitrogens with zero attached hydrogens (tertiary/aromatic N) is 3. The van der Waals surface area contributed by atoms with Gasteiger partial charge < -0.3 is 14.9 Å². The fraction of sp³-hybridized carbons (Fsp3) is 0.100. The van der Waals surface area contributed by atoms with Crippen LogP contribution in [0.4, 0.5) is 14.6 Å². The van der Waals surface area contributed by atoms with Gasteiger partial charge in [0, 0.05) is 42.0 Å². The van der Waals surface area contributed by atoms with Crippen molar-refractivity contribution in [3.63, 3.8) is 0 Å². The Morgan fingerprint density at radius 3 is 2.66 bits per heavy atom. The van der Waals surface area contributed by atoms with Crippen molar-refractivity contribution >= 4 is 16.8 Å². The quantitative estimate of drug-likeness (QED) is 0.526. The molecule has 9 heteroatoms. The average molecular weight is 396 g/mol. The van der Waals surface area contributed by atoms with Gasteiger partial charge in [-0.1, -0.05) is 0 Å². The summed E-state index contributed by atoms with van der Waals surface area (Å²) in [6.07, 6.45) is 4.17. The minimum absolute atomic E-state index is 0.0489. The maximum atomic E-state index is 14.6. The van der Waals surface area contributed by atoms with Gasteiger partial charge in [-0.05, 0) is 36.2 Å². The van der Waals surface area contributed by atoms with Crippen molar-refractivity contribution in [2.75, 3.05) is 5.73 Å². The number of nitrogens with two attached hydrogens (primary N) is 1. The van der Waals surface area contributed by atoms with Crippen LogP contribution in [0.1, 0.15) is 16.7 Å². The monoisotopic (exact) mass is 396 g/mol. The molecule has 0 radical (unpaired) electrons. The number of anilines is 1. The molecule has 0 unspecified atom stereocenters. The summed E-state index contributed by atoms with van der Waals surface area (Å²) in [5, 5.41) is 0.362. The van der Waals surface area contributed by atoms with E-state index in [4.69, 9.17) is 14.9 Å². The summed E-state index contributed by atoms with van der Waals surface area (Å²) in [5.74, 6) is -1.84. The SMILES string of the molecule is Cc1c(Cc2ccnc(N)c2F)c(=O)oc2cc(Oc3ncccn3)c(F)cc12. The van der Waals surface area contributed by atoms with Gasteiger partial charge in [-0.15, -0.1) is 0 Å². The summed E-state index contributed by atoms with van der Waals surface area (Å²) in [4.78, 5) is 23.9. The first-order chi connectivity index (χ1) is 13.9. The molecule has 0 fully saturated rings. The molecule has 7 nitrogen and oxygen atoms in total. The van der Waals surface area contributed by atoms with Gasteiger partial charge in [-0.2, -0.15) is 0 Å². The topological polar surface area (TPSA) is 104 Å². The van der Waals surface area contributed by atoms with E-state index < -0.39 is 17.3 Å². The summed E-state index contributed by atoms with van der Waals surface area (Å²) in [6, 6.07) is 5.41. The number of fused-ring (bicyclic) bond motifs is 1. The molecule has 0 aliphatic carbocycles. The van der Waals surface area contributed by atoms with Crippen LogP contribution in [-0.4, -0.2) is 15.0 Å². The first-order valence-corrected chi connectivity index (χ1v) is 8.53. The Kier molecular flexibility index (Phi) is 4.63. The Morgan fingerprint density at radius 1 is 1.14 bits per heavy atom. The van der Waals surface area contributed by atoms with E-state index in [1.807, 2.05) is 0 Å². The zero-order chi connectivity index (χ0) is 20.5. The van der Waals surface area contributed by atoms with E-state index in [9.17, 15) is 13.6 Å². The molecule has 0 saturated carbocycles. The number of hydrogen-bond donors (Lipinski definition) is 1. The first-order valence-electron chi connectivity index (χ1n) is 8.53. The summed E-state index contributed by atoms with van der Waals surface area (Å²) < 4.78 is 39.4. The van der Waals surface area contributed by atoms with Crippen LogP contribution in [0.25, 0.3) is 11.0 Å². The highest BCUT2D eigenvalue weighted by atomic mass is 19.1. The molecule has 29 heavy (non-hydrogen) atoms. The lowest BCUT2D eigenvalue weighted by Crippen LogP contribution is -2.12. The molecule has 0 amide bonds. The predicted molar refractivity (Wildman–Crippen MR) is 101 cm³/mol. The van der Waals surface area contributed by atoms with Gasteiger partial charge >= 0.3 is 11.6 Å². The van der Waals surface area contributed by atoms with E-state index in [0.29, 0.717) is 10.9 Å². The van der Waals surface area contributed by atoms with Crippen LogP contribution >= 0.6 is 0 Å². The Morgan fingerprint density at radius 2 is 1.90 bits per heavy atom. The summed E-state index contributed by atoms with van der Waals surface area (Å²) in [7, 11) is 0. The Bertz CT molecular complexity index is 1280. The van der Waals surface area contributed by atoms with E-state index >= 15 is 0 Å². The van der Waals surface area contributed by atoms with Crippen molar-refractivity contribution in [2.45, 2.75) is 13.3 Å². The van der Waals surface area contributed by atoms with Gasteiger partial charge in [-0.3, -0.25) is 0 Å². The van der Waals surface area contributed by atoms with Gasteiger partial charge in [0.05, 0.1) is 0 Å². The van der Waals surface area contributed by atoms with Crippen LogP contribution in [0, 0.1) is 18.6 Å². The van der Waals surface area contributed by atoms with E-state index in [1.165, 1.54) is 36.8 Å². The van der Waals surface area contributed by atoms with Crippen molar-refractivity contribution in [2.24, 2.45) is 0 Å². The van der Waals surface area contributed by atoms with E-state index in [1.54, 1.807) is 13.0 Å². The Balaban J connectivity index is 1.78. The molecule has 146 valence electrons. The second-order valence-corrected chi connectivity index (χ2v) is 6.25. The highest BCUT2D eigenvalue weighted by Gasteiger charge is 2.18. The number of nitrogen functional groups attached to an aromatic ring is 1. The molecule has 0 aliphatic rings. The van der Waals surface area contributed by atoms with Gasteiger partial charge in [-0.25, -0.2) is 28.5 Å². The number of ether oxygens (including phenoxy) is 1. The maximum absolute atomic E-state index is 14.6. The molecule has 3 aromatic heterocycles. The molecule has 4 rings (SSSR count). The van der Waals surface area contributed by atoms with Crippen LogP contribution in [-0.2, 0) is 6.42 Å². The fourth-order valence-corrected chi connectivity index (χ4v) is 2.94. The molecule has 0 atom stereocenters. The molecule has 2 N–H and O–H groups in total. The third-order valence-electron chi connectivity index (χ3n) is 4.45. The van der Waals surface area contributed by atoms with E-state index in [0.717, 1.165) is 0 Å². The Labute approximate surface area is 162 Å². The second kappa shape index (κ2) is 7.27. The van der Waals surface area contributed by atoms with Gasteiger partial charge in [0.2, 0.25) is 0 Å². The fourth-order valence-electron chi connectivity index (χ4n) is 2.94. The predicted octanol–water partition coefficient (Wildman–Crippen LogP) is 3.53. The lowest BCUT2D eigenvalue weighted by atomic mass is 9.99. The van der Waals surface area contributed by atoms with Crippen LogP contribution < -0.4 is 16.1 Å². The minimum Gasteiger partial charge on any atom is -0.422 e. The van der Waals surface area contributed by atoms with Crippen LogP contribution in [0.2, 0.25) is 0 Å². The number of aryl methyl sites for hydroxylation is 1. The van der Waals surface area contributed by atoms with Gasteiger partial charge in [0.1, 0.15) is 5.58 Å². The van der Waals surface area contributed by atoms with Crippen LogP contribution in [0.15, 0.2) is 52.1 Å². The maximum Gasteiger partial charge on any atom is 0.340 e. The molecular weight excluding hydrogens is 382 g/mol. The lowest BCUT2D eigenvalue weighted by molar-refractivity contribution is 0.410. The molecule has 3 heterocycles. The molecule has 0 bridgehead atoms. The standard InChI is InChI=1S/C20H14F2N4O3/c1-10-12-8-14(21)16(29-20-25-4-2-5-26-20)9-15(12)28-19(27)13(10)7-11-3-6-24-18(23)17(11)22/h2-6,8-9H,7H2,1H3,(H2,23,24). The van der Waals surface area contributed by atoms with Gasteiger partial charge in [0.25, 0.3) is 0 Å². The third kappa shape index (κ3) is 3.49. The van der Waals surface area contributed by atoms with Crippen LogP contribution in [0.3, 0.4) is 0 Å². The lowest BCUT2D eigenvalue weighted by Gasteiger charge is -2.11. The summed E-state index contributed by atoms with van der Waals surface area (Å²) >= 11 is 0. The molecule has 0 spiro atoms. The smallest absolute Gasteiger partial charge is 0.340 e. The number of benzene rings is 1. The van der Waals surface area contributed by atoms with Crippen molar-refractivity contribution in [1.29, 1.82) is 0 Å². The molecule has 0 aliphatic heterocycles. The van der Waals surface area contributed by atoms with Crippen LogP contribution in [0.5, 0.6) is 11.8 Å². The normalized spacial score (nSPS) is 11.0. The highest BCUT2D eigenvalue weighted by molar-refractivity contribution is 5.82. The van der Waals surface area contributed by atoms with E-state index in [-0.39, 0.29) is 40.7 Å². The number of aromatic nitrogens is 3. The van der Waals surface area contributed by atoms with Crippen molar-refractivity contribution < 1.29 is 17.9 Å². The Hall–Kier alpha value is -3.88. The average Bonchev–Trinajstić information content (AvgIpc) is 2.70. The zero-order valence-corrected chi connectivity index (χ0v) is 15.1. The largest absolute Gasteiger partial charge is 0.422 e. The second-order valence-electron chi connectivity index (χ2n) is 6.25. The number of hydrogen-bond acceptors (Lipinski definition) is 7. The van der Waals surface area contributed by atoms with Crippen molar-refractivity contribution in [3.8, 4) is 11.8 Å². The highest BCUT2D eigenvalue weighted by Crippen LogP contribution is 2.30. The third-order valence-corrected chi connectivity index (χ3v) is 4.45. The summed E-state index contributed by atoms with van der Waals surface area (Å²) in [5.41, 5.74) is 5.78. The van der Waals surface area contributed by atoms with E-state index in [2.05, 4.69) is 15.0 Å². The van der Waals surface area contributed by atoms with Crippen molar-refractivity contribution in [1.82, 2.24) is 15.0 Å². The number of rotatable bonds is 4. The molecule has 1 aromatic carbocycles.